The molecule has 2 aromatic heterocycles. The third kappa shape index (κ3) is 3.47. The van der Waals surface area contributed by atoms with Crippen molar-refractivity contribution in [3.05, 3.63) is 71.3 Å². The van der Waals surface area contributed by atoms with Gasteiger partial charge in [0.15, 0.2) is 11.6 Å². The molecule has 10 heteroatoms. The molecule has 1 N–H and O–H groups in total. The van der Waals surface area contributed by atoms with Crippen LogP contribution in [0.5, 0.6) is 5.75 Å². The zero-order valence-corrected chi connectivity index (χ0v) is 15.6. The smallest absolute Gasteiger partial charge is 0.262 e. The van der Waals surface area contributed by atoms with Crippen molar-refractivity contribution in [2.24, 2.45) is 0 Å². The fourth-order valence-corrected chi connectivity index (χ4v) is 3.04. The highest BCUT2D eigenvalue weighted by Gasteiger charge is 2.18. The van der Waals surface area contributed by atoms with Gasteiger partial charge in [0.05, 0.1) is 30.5 Å². The van der Waals surface area contributed by atoms with E-state index >= 15 is 0 Å². The van der Waals surface area contributed by atoms with E-state index < -0.39 is 23.1 Å². The number of methoxy groups -OCH3 is 1. The van der Waals surface area contributed by atoms with Crippen LogP contribution < -0.4 is 10.1 Å². The number of fused-ring (bicyclic) bond motifs is 1. The molecule has 146 valence electrons. The van der Waals surface area contributed by atoms with Gasteiger partial charge in [0.25, 0.3) is 5.91 Å². The average Bonchev–Trinajstić information content (AvgIpc) is 3.03. The number of anilines is 1. The second-order valence-electron chi connectivity index (χ2n) is 5.88. The molecule has 0 saturated heterocycles. The fourth-order valence-electron chi connectivity index (χ4n) is 2.77. The molecule has 0 bridgehead atoms. The Morgan fingerprint density at radius 2 is 1.90 bits per heavy atom. The quantitative estimate of drug-likeness (QED) is 0.544. The van der Waals surface area contributed by atoms with Crippen LogP contribution in [-0.2, 0) is 0 Å². The Balaban J connectivity index is 1.63. The largest absolute Gasteiger partial charge is 0.497 e. The zero-order chi connectivity index (χ0) is 20.5. The molecule has 4 rings (SSSR count). The molecule has 2 heterocycles. The van der Waals surface area contributed by atoms with E-state index in [0.29, 0.717) is 22.6 Å². The molecule has 0 spiro atoms. The summed E-state index contributed by atoms with van der Waals surface area (Å²) in [4.78, 5) is 24.7. The van der Waals surface area contributed by atoms with Crippen molar-refractivity contribution in [3.8, 4) is 11.6 Å². The number of amides is 1. The van der Waals surface area contributed by atoms with Gasteiger partial charge in [-0.2, -0.15) is 0 Å². The monoisotopic (exact) mass is 415 g/mol. The van der Waals surface area contributed by atoms with Gasteiger partial charge in [0, 0.05) is 6.07 Å². The van der Waals surface area contributed by atoms with Crippen molar-refractivity contribution in [2.75, 3.05) is 12.4 Å². The van der Waals surface area contributed by atoms with E-state index in [1.807, 2.05) is 0 Å². The normalized spacial score (nSPS) is 10.9. The van der Waals surface area contributed by atoms with E-state index in [-0.39, 0.29) is 11.1 Å². The molecule has 1 amide bonds. The number of ether oxygens (including phenoxy) is 1. The number of halogens is 3. The van der Waals surface area contributed by atoms with Crippen molar-refractivity contribution >= 4 is 34.4 Å². The van der Waals surface area contributed by atoms with Crippen LogP contribution in [0.25, 0.3) is 16.9 Å². The minimum atomic E-state index is -0.973. The summed E-state index contributed by atoms with van der Waals surface area (Å²) in [5.41, 5.74) is 0.579. The number of rotatable bonds is 4. The summed E-state index contributed by atoms with van der Waals surface area (Å²) in [6.07, 6.45) is 2.60. The first-order valence-corrected chi connectivity index (χ1v) is 8.65. The van der Waals surface area contributed by atoms with Crippen LogP contribution in [0.1, 0.15) is 10.4 Å². The van der Waals surface area contributed by atoms with E-state index in [0.717, 1.165) is 12.1 Å². The van der Waals surface area contributed by atoms with Gasteiger partial charge in [0.2, 0.25) is 5.28 Å². The molecule has 0 radical (unpaired) electrons. The Kier molecular flexibility index (Phi) is 4.81. The Morgan fingerprint density at radius 3 is 2.55 bits per heavy atom. The molecule has 2 aromatic carbocycles. The van der Waals surface area contributed by atoms with Crippen molar-refractivity contribution in [2.45, 2.75) is 0 Å². The lowest BCUT2D eigenvalue weighted by molar-refractivity contribution is 0.101. The number of benzene rings is 2. The molecule has 29 heavy (non-hydrogen) atoms. The Hall–Kier alpha value is -3.59. The minimum Gasteiger partial charge on any atom is -0.497 e. The predicted molar refractivity (Wildman–Crippen MR) is 103 cm³/mol. The van der Waals surface area contributed by atoms with Crippen LogP contribution in [0, 0.1) is 11.6 Å². The first kappa shape index (κ1) is 18.8. The summed E-state index contributed by atoms with van der Waals surface area (Å²) in [5.74, 6) is -1.93. The fraction of sp³-hybridized carbons (Fsp3) is 0.0526. The number of carbonyl (C=O) groups excluding carboxylic acids is 1. The maximum Gasteiger partial charge on any atom is 0.262 e. The average molecular weight is 416 g/mol. The van der Waals surface area contributed by atoms with Gasteiger partial charge in [0.1, 0.15) is 22.9 Å². The van der Waals surface area contributed by atoms with Crippen LogP contribution in [0.4, 0.5) is 14.6 Å². The molecule has 0 atom stereocenters. The van der Waals surface area contributed by atoms with Gasteiger partial charge >= 0.3 is 0 Å². The third-order valence-electron chi connectivity index (χ3n) is 4.12. The highest BCUT2D eigenvalue weighted by Crippen LogP contribution is 2.26. The Bertz CT molecular complexity index is 1210. The highest BCUT2D eigenvalue weighted by atomic mass is 35.5. The Morgan fingerprint density at radius 1 is 1.14 bits per heavy atom. The lowest BCUT2D eigenvalue weighted by Gasteiger charge is -2.08. The standard InChI is InChI=1S/C19H12ClF2N5O2/c1-29-10-5-6-14-13(7-10)25-19(20)27(14)16-9-23-15(8-24-16)26-18(28)17-11(21)3-2-4-12(17)22/h2-9H,1H3,(H,23,26,28). The van der Waals surface area contributed by atoms with Gasteiger partial charge in [-0.1, -0.05) is 6.07 Å². The number of carbonyl (C=O) groups is 1. The second-order valence-corrected chi connectivity index (χ2v) is 6.22. The van der Waals surface area contributed by atoms with E-state index in [2.05, 4.69) is 20.3 Å². The van der Waals surface area contributed by atoms with Crippen LogP contribution in [0.15, 0.2) is 48.8 Å². The number of nitrogens with one attached hydrogen (secondary N) is 1. The lowest BCUT2D eigenvalue weighted by atomic mass is 10.2. The summed E-state index contributed by atoms with van der Waals surface area (Å²) in [6.45, 7) is 0. The van der Waals surface area contributed by atoms with Crippen LogP contribution in [0.3, 0.4) is 0 Å². The number of nitrogens with zero attached hydrogens (tertiary/aromatic N) is 4. The van der Waals surface area contributed by atoms with Crippen molar-refractivity contribution in [1.29, 1.82) is 0 Å². The molecule has 0 fully saturated rings. The maximum atomic E-state index is 13.7. The summed E-state index contributed by atoms with van der Waals surface area (Å²) < 4.78 is 34.2. The third-order valence-corrected chi connectivity index (χ3v) is 4.37. The molecule has 0 saturated carbocycles. The number of aromatic nitrogens is 4. The van der Waals surface area contributed by atoms with Crippen molar-refractivity contribution < 1.29 is 18.3 Å². The topological polar surface area (TPSA) is 81.9 Å². The first-order valence-electron chi connectivity index (χ1n) is 8.27. The number of imidazole rings is 1. The Labute approximate surface area is 167 Å². The zero-order valence-electron chi connectivity index (χ0n) is 14.9. The SMILES string of the molecule is COc1ccc2c(c1)nc(Cl)n2-c1cnc(NC(=O)c2c(F)cccc2F)cn1. The van der Waals surface area contributed by atoms with Crippen LogP contribution in [0.2, 0.25) is 5.28 Å². The van der Waals surface area contributed by atoms with Crippen LogP contribution in [-0.4, -0.2) is 32.5 Å². The molecular weight excluding hydrogens is 404 g/mol. The van der Waals surface area contributed by atoms with Gasteiger partial charge in [-0.25, -0.2) is 23.7 Å². The van der Waals surface area contributed by atoms with Crippen LogP contribution >= 0.6 is 11.6 Å². The first-order chi connectivity index (χ1) is 14.0. The summed E-state index contributed by atoms with van der Waals surface area (Å²) in [7, 11) is 1.55. The van der Waals surface area contributed by atoms with Crippen molar-refractivity contribution in [3.63, 3.8) is 0 Å². The molecule has 0 aliphatic heterocycles. The highest BCUT2D eigenvalue weighted by molar-refractivity contribution is 6.29. The summed E-state index contributed by atoms with van der Waals surface area (Å²) in [5, 5.41) is 2.47. The molecule has 0 aliphatic rings. The molecule has 0 unspecified atom stereocenters. The van der Waals surface area contributed by atoms with E-state index in [9.17, 15) is 13.6 Å². The van der Waals surface area contributed by atoms with E-state index in [1.54, 1.807) is 29.9 Å². The van der Waals surface area contributed by atoms with Gasteiger partial charge in [-0.3, -0.25) is 9.36 Å². The lowest BCUT2D eigenvalue weighted by Crippen LogP contribution is -2.17. The predicted octanol–water partition coefficient (Wildman–Crippen LogP) is 4.01. The maximum absolute atomic E-state index is 13.7. The summed E-state index contributed by atoms with van der Waals surface area (Å²) >= 11 is 6.23. The molecule has 0 aliphatic carbocycles. The number of hydrogen-bond acceptors (Lipinski definition) is 5. The minimum absolute atomic E-state index is 0.0172. The van der Waals surface area contributed by atoms with E-state index in [1.165, 1.54) is 18.5 Å². The van der Waals surface area contributed by atoms with Crippen molar-refractivity contribution in [1.82, 2.24) is 19.5 Å². The second kappa shape index (κ2) is 7.44. The summed E-state index contributed by atoms with van der Waals surface area (Å²) in [6, 6.07) is 8.41. The van der Waals surface area contributed by atoms with E-state index in [4.69, 9.17) is 16.3 Å². The van der Waals surface area contributed by atoms with Gasteiger partial charge in [-0.15, -0.1) is 0 Å². The van der Waals surface area contributed by atoms with Gasteiger partial charge < -0.3 is 10.1 Å². The molecular formula is C19H12ClF2N5O2. The van der Waals surface area contributed by atoms with Gasteiger partial charge in [-0.05, 0) is 35.9 Å². The molecule has 4 aromatic rings. The molecule has 7 nitrogen and oxygen atoms in total. The number of hydrogen-bond donors (Lipinski definition) is 1.